The van der Waals surface area contributed by atoms with Gasteiger partial charge >= 0.3 is 12.2 Å². The summed E-state index contributed by atoms with van der Waals surface area (Å²) in [5.41, 5.74) is -3.46. The second kappa shape index (κ2) is 7.35. The molecule has 2 aromatic carbocycles. The molecule has 0 aromatic heterocycles. The summed E-state index contributed by atoms with van der Waals surface area (Å²) in [5.74, 6) is -2.96. The summed E-state index contributed by atoms with van der Waals surface area (Å²) in [4.78, 5) is 27.1. The van der Waals surface area contributed by atoms with Crippen LogP contribution >= 0.6 is 11.6 Å². The first-order valence-electron chi connectivity index (χ1n) is 8.64. The number of Topliss-reactive ketones (excluding diaryl/α,β-unsaturated/α-hetero) is 1. The fraction of sp³-hybridized carbons (Fsp3) is 0.300. The zero-order chi connectivity index (χ0) is 21.6. The van der Waals surface area contributed by atoms with Gasteiger partial charge in [-0.25, -0.2) is 4.79 Å². The predicted octanol–water partition coefficient (Wildman–Crippen LogP) is 4.13. The number of rotatable bonds is 3. The van der Waals surface area contributed by atoms with E-state index in [9.17, 15) is 27.9 Å². The van der Waals surface area contributed by atoms with Crippen LogP contribution < -0.4 is 0 Å². The normalized spacial score (nSPS) is 25.3. The molecule has 3 atom stereocenters. The van der Waals surface area contributed by atoms with E-state index in [1.807, 2.05) is 0 Å². The fourth-order valence-electron chi connectivity index (χ4n) is 3.70. The van der Waals surface area contributed by atoms with E-state index in [2.05, 4.69) is 0 Å². The molecule has 29 heavy (non-hydrogen) atoms. The van der Waals surface area contributed by atoms with Gasteiger partial charge in [0, 0.05) is 24.7 Å². The van der Waals surface area contributed by atoms with Crippen LogP contribution in [0, 0.1) is 5.92 Å². The Morgan fingerprint density at radius 1 is 1.07 bits per heavy atom. The highest BCUT2D eigenvalue weighted by Gasteiger charge is 2.70. The van der Waals surface area contributed by atoms with Crippen molar-refractivity contribution in [1.29, 1.82) is 0 Å². The van der Waals surface area contributed by atoms with Crippen LogP contribution in [0.5, 0.6) is 0 Å². The van der Waals surface area contributed by atoms with Crippen molar-refractivity contribution in [2.45, 2.75) is 17.9 Å². The molecular weight excluding hydrogens is 409 g/mol. The lowest BCUT2D eigenvalue weighted by atomic mass is 9.76. The second-order valence-electron chi connectivity index (χ2n) is 6.88. The van der Waals surface area contributed by atoms with Gasteiger partial charge in [-0.05, 0) is 17.7 Å². The third kappa shape index (κ3) is 3.36. The van der Waals surface area contributed by atoms with Crippen molar-refractivity contribution in [2.24, 2.45) is 5.92 Å². The Balaban J connectivity index is 2.26. The van der Waals surface area contributed by atoms with Crippen molar-refractivity contribution >= 4 is 23.4 Å². The van der Waals surface area contributed by atoms with Gasteiger partial charge in [0.15, 0.2) is 5.78 Å². The molecule has 2 amide bonds. The van der Waals surface area contributed by atoms with Crippen LogP contribution in [0.2, 0.25) is 5.02 Å². The van der Waals surface area contributed by atoms with E-state index in [0.29, 0.717) is 5.02 Å². The van der Waals surface area contributed by atoms with E-state index in [0.717, 1.165) is 11.9 Å². The Morgan fingerprint density at radius 2 is 1.62 bits per heavy atom. The molecule has 1 N–H and O–H groups in total. The van der Waals surface area contributed by atoms with Crippen molar-refractivity contribution in [3.63, 3.8) is 0 Å². The zero-order valence-electron chi connectivity index (χ0n) is 15.5. The number of urea groups is 1. The number of alkyl halides is 3. The summed E-state index contributed by atoms with van der Waals surface area (Å²) >= 11 is 5.88. The zero-order valence-corrected chi connectivity index (χ0v) is 16.3. The Hall–Kier alpha value is -2.58. The standard InChI is InChI=1S/C20H18ClF3N2O3/c1-25-16(12-8-10-14(21)11-9-12)15(17(27)13-6-4-3-5-7-13)19(29,20(22,23)24)26(2)18(25)28/h3-11,15-16,29H,1-2H3. The molecule has 1 aliphatic rings. The van der Waals surface area contributed by atoms with Gasteiger partial charge in [-0.3, -0.25) is 9.69 Å². The van der Waals surface area contributed by atoms with Gasteiger partial charge < -0.3 is 10.0 Å². The summed E-state index contributed by atoms with van der Waals surface area (Å²) in [5, 5.41) is 11.2. The highest BCUT2D eigenvalue weighted by molar-refractivity contribution is 6.30. The summed E-state index contributed by atoms with van der Waals surface area (Å²) < 4.78 is 42.4. The Labute approximate surface area is 170 Å². The molecule has 2 aromatic rings. The van der Waals surface area contributed by atoms with Crippen LogP contribution in [-0.4, -0.2) is 52.7 Å². The van der Waals surface area contributed by atoms with Crippen molar-refractivity contribution in [2.75, 3.05) is 14.1 Å². The van der Waals surface area contributed by atoms with Crippen LogP contribution in [0.15, 0.2) is 54.6 Å². The van der Waals surface area contributed by atoms with E-state index in [1.165, 1.54) is 55.6 Å². The number of halogens is 4. The largest absolute Gasteiger partial charge is 0.437 e. The Bertz CT molecular complexity index is 921. The third-order valence-electron chi connectivity index (χ3n) is 5.24. The first kappa shape index (κ1) is 21.1. The minimum atomic E-state index is -5.28. The molecule has 0 saturated carbocycles. The lowest BCUT2D eigenvalue weighted by molar-refractivity contribution is -0.328. The lowest BCUT2D eigenvalue weighted by Gasteiger charge is -2.53. The minimum Gasteiger partial charge on any atom is -0.363 e. The van der Waals surface area contributed by atoms with Gasteiger partial charge in [-0.2, -0.15) is 13.2 Å². The van der Waals surface area contributed by atoms with Crippen molar-refractivity contribution in [1.82, 2.24) is 9.80 Å². The number of ketones is 1. The third-order valence-corrected chi connectivity index (χ3v) is 5.49. The Kier molecular flexibility index (Phi) is 5.36. The van der Waals surface area contributed by atoms with Crippen LogP contribution in [-0.2, 0) is 0 Å². The Morgan fingerprint density at radius 3 is 2.14 bits per heavy atom. The van der Waals surface area contributed by atoms with E-state index < -0.39 is 35.7 Å². The number of nitrogens with zero attached hydrogens (tertiary/aromatic N) is 2. The summed E-state index contributed by atoms with van der Waals surface area (Å²) in [6.07, 6.45) is -5.28. The molecule has 3 rings (SSSR count). The van der Waals surface area contributed by atoms with Gasteiger partial charge in [-0.15, -0.1) is 0 Å². The van der Waals surface area contributed by atoms with Crippen LogP contribution in [0.3, 0.4) is 0 Å². The van der Waals surface area contributed by atoms with Gasteiger partial charge in [0.25, 0.3) is 5.72 Å². The molecular formula is C20H18ClF3N2O3. The molecule has 1 fully saturated rings. The molecule has 0 bridgehead atoms. The number of aliphatic hydroxyl groups is 1. The average Bonchev–Trinajstić information content (AvgIpc) is 2.69. The maximum Gasteiger partial charge on any atom is 0.437 e. The van der Waals surface area contributed by atoms with Gasteiger partial charge in [-0.1, -0.05) is 54.1 Å². The van der Waals surface area contributed by atoms with E-state index >= 15 is 0 Å². The smallest absolute Gasteiger partial charge is 0.363 e. The molecule has 0 spiro atoms. The quantitative estimate of drug-likeness (QED) is 0.751. The molecule has 1 heterocycles. The predicted molar refractivity (Wildman–Crippen MR) is 100 cm³/mol. The summed E-state index contributed by atoms with van der Waals surface area (Å²) in [6.45, 7) is 0. The second-order valence-corrected chi connectivity index (χ2v) is 7.32. The first-order valence-corrected chi connectivity index (χ1v) is 9.02. The van der Waals surface area contributed by atoms with Crippen LogP contribution in [0.1, 0.15) is 22.0 Å². The van der Waals surface area contributed by atoms with Crippen LogP contribution in [0.4, 0.5) is 18.0 Å². The van der Waals surface area contributed by atoms with Gasteiger partial charge in [0.05, 0.1) is 6.04 Å². The van der Waals surface area contributed by atoms with E-state index in [4.69, 9.17) is 11.6 Å². The highest BCUT2D eigenvalue weighted by atomic mass is 35.5. The monoisotopic (exact) mass is 426 g/mol. The molecule has 5 nitrogen and oxygen atoms in total. The molecule has 9 heteroatoms. The highest BCUT2D eigenvalue weighted by Crippen LogP contribution is 2.50. The molecule has 0 radical (unpaired) electrons. The number of carbonyl (C=O) groups is 2. The average molecular weight is 427 g/mol. The number of amides is 2. The first-order chi connectivity index (χ1) is 13.5. The van der Waals surface area contributed by atoms with Gasteiger partial charge in [0.1, 0.15) is 5.92 Å². The summed E-state index contributed by atoms with van der Waals surface area (Å²) in [6, 6.07) is 10.7. The number of hydrogen-bond acceptors (Lipinski definition) is 3. The van der Waals surface area contributed by atoms with Crippen molar-refractivity contribution < 1.29 is 27.9 Å². The van der Waals surface area contributed by atoms with Crippen molar-refractivity contribution in [3.8, 4) is 0 Å². The van der Waals surface area contributed by atoms with Gasteiger partial charge in [0.2, 0.25) is 0 Å². The lowest BCUT2D eigenvalue weighted by Crippen LogP contribution is -2.73. The van der Waals surface area contributed by atoms with E-state index in [-0.39, 0.29) is 16.0 Å². The molecule has 1 saturated heterocycles. The maximum absolute atomic E-state index is 14.1. The van der Waals surface area contributed by atoms with Crippen LogP contribution in [0.25, 0.3) is 0 Å². The topological polar surface area (TPSA) is 60.9 Å². The SMILES string of the molecule is CN1C(=O)N(C)C(O)(C(F)(F)F)C(C(=O)c2ccccc2)C1c1ccc(Cl)cc1. The summed E-state index contributed by atoms with van der Waals surface area (Å²) in [7, 11) is 2.12. The number of carbonyl (C=O) groups excluding carboxylic acids is 2. The minimum absolute atomic E-state index is 0.00436. The fourth-order valence-corrected chi connectivity index (χ4v) is 3.83. The maximum atomic E-state index is 14.1. The number of hydrogen-bond donors (Lipinski definition) is 1. The molecule has 1 aliphatic heterocycles. The number of benzene rings is 2. The molecule has 154 valence electrons. The molecule has 0 aliphatic carbocycles. The molecule has 3 unspecified atom stereocenters. The van der Waals surface area contributed by atoms with E-state index in [1.54, 1.807) is 6.07 Å². The van der Waals surface area contributed by atoms with Crippen molar-refractivity contribution in [3.05, 3.63) is 70.7 Å².